The normalized spacial score (nSPS) is 20.4. The highest BCUT2D eigenvalue weighted by atomic mass is 19.3. The van der Waals surface area contributed by atoms with E-state index in [1.54, 1.807) is 12.3 Å². The summed E-state index contributed by atoms with van der Waals surface area (Å²) in [6, 6.07) is 4.29. The first-order chi connectivity index (χ1) is 16.7. The van der Waals surface area contributed by atoms with Crippen molar-refractivity contribution in [1.29, 1.82) is 0 Å². The number of halogens is 2. The van der Waals surface area contributed by atoms with E-state index in [0.717, 1.165) is 43.2 Å². The fourth-order valence-electron chi connectivity index (χ4n) is 3.94. The summed E-state index contributed by atoms with van der Waals surface area (Å²) in [5.41, 5.74) is 0.244. The number of ether oxygens (including phenoxy) is 2. The molecule has 4 rings (SSSR count). The largest absolute Gasteiger partial charge is 0.490 e. The number of hydrogen-bond donors (Lipinski definition) is 2. The Balaban J connectivity index is 1.55. The van der Waals surface area contributed by atoms with Crippen molar-refractivity contribution in [3.05, 3.63) is 77.3 Å². The molecule has 0 spiro atoms. The Morgan fingerprint density at radius 3 is 2.80 bits per heavy atom. The third-order valence-electron chi connectivity index (χ3n) is 5.87. The van der Waals surface area contributed by atoms with Crippen molar-refractivity contribution < 1.29 is 23.0 Å². The molecule has 2 aliphatic heterocycles. The van der Waals surface area contributed by atoms with Gasteiger partial charge in [-0.15, -0.1) is 0 Å². The Bertz CT molecular complexity index is 1140. The molecule has 0 saturated carbocycles. The van der Waals surface area contributed by atoms with Crippen molar-refractivity contribution in [2.24, 2.45) is 0 Å². The number of allylic oxidation sites excluding steroid dienone is 1. The third kappa shape index (κ3) is 5.59. The van der Waals surface area contributed by atoms with Crippen molar-refractivity contribution in [2.45, 2.75) is 32.2 Å². The van der Waals surface area contributed by atoms with Gasteiger partial charge >= 0.3 is 0 Å². The molecular formula is C25H29F2N5O3. The number of morpholine rings is 1. The van der Waals surface area contributed by atoms with Crippen LogP contribution in [0.4, 0.5) is 14.5 Å². The van der Waals surface area contributed by atoms with Crippen LogP contribution in [0.5, 0.6) is 0 Å². The van der Waals surface area contributed by atoms with Gasteiger partial charge in [-0.2, -0.15) is 8.78 Å². The molecule has 2 aliphatic rings. The summed E-state index contributed by atoms with van der Waals surface area (Å²) < 4.78 is 38.6. The number of rotatable bonds is 7. The lowest BCUT2D eigenvalue weighted by molar-refractivity contribution is 0.0127. The summed E-state index contributed by atoms with van der Waals surface area (Å²) in [5, 5.41) is 6.33. The highest BCUT2D eigenvalue weighted by Crippen LogP contribution is 2.32. The maximum absolute atomic E-state index is 13.6. The molecular weight excluding hydrogens is 456 g/mol. The molecule has 0 aromatic carbocycles. The van der Waals surface area contributed by atoms with Crippen molar-refractivity contribution in [1.82, 2.24) is 20.2 Å². The summed E-state index contributed by atoms with van der Waals surface area (Å²) in [6.07, 6.45) is 8.36. The predicted octanol–water partition coefficient (Wildman–Crippen LogP) is 3.75. The van der Waals surface area contributed by atoms with Gasteiger partial charge in [0.05, 0.1) is 37.2 Å². The number of pyridine rings is 2. The number of nitrogens with one attached hydrogen (secondary N) is 2. The van der Waals surface area contributed by atoms with Crippen LogP contribution in [0.15, 0.2) is 60.5 Å². The van der Waals surface area contributed by atoms with Crippen LogP contribution in [-0.4, -0.2) is 53.7 Å². The molecule has 1 unspecified atom stereocenters. The number of dihydropyridines is 1. The SMILES string of the molecule is CCOC1=C(N2CCOCC2)NC(C)(c2cncc(NC(=O)c3ccnc(C(C)(F)F)c3)c2)C=C1. The number of aromatic nitrogens is 2. The maximum Gasteiger partial charge on any atom is 0.286 e. The minimum Gasteiger partial charge on any atom is -0.490 e. The molecule has 0 aliphatic carbocycles. The number of carbonyl (C=O) groups excluding carboxylic acids is 1. The number of hydrogen-bond acceptors (Lipinski definition) is 7. The number of amides is 1. The topological polar surface area (TPSA) is 88.6 Å². The van der Waals surface area contributed by atoms with E-state index in [9.17, 15) is 13.6 Å². The monoisotopic (exact) mass is 485 g/mol. The van der Waals surface area contributed by atoms with Gasteiger partial charge in [0.15, 0.2) is 5.76 Å². The standard InChI is InChI=1S/C25H29F2N5O3/c1-4-35-20-5-7-24(2,31-22(20)32-9-11-34-12-10-32)18-14-19(16-28-15-18)30-23(33)17-6-8-29-21(13-17)25(3,26)27/h5-8,13-16,31H,4,9-12H2,1-3H3,(H,30,33). The van der Waals surface area contributed by atoms with Crippen molar-refractivity contribution in [3.8, 4) is 0 Å². The van der Waals surface area contributed by atoms with Crippen LogP contribution in [-0.2, 0) is 20.9 Å². The quantitative estimate of drug-likeness (QED) is 0.618. The van der Waals surface area contributed by atoms with E-state index in [0.29, 0.717) is 25.5 Å². The van der Waals surface area contributed by atoms with Crippen molar-refractivity contribution >= 4 is 11.6 Å². The van der Waals surface area contributed by atoms with Gasteiger partial charge in [-0.25, -0.2) is 0 Å². The Kier molecular flexibility index (Phi) is 7.02. The second kappa shape index (κ2) is 9.99. The van der Waals surface area contributed by atoms with Crippen LogP contribution in [0.25, 0.3) is 0 Å². The predicted molar refractivity (Wildman–Crippen MR) is 127 cm³/mol. The molecule has 2 N–H and O–H groups in total. The minimum atomic E-state index is -3.14. The molecule has 0 radical (unpaired) electrons. The highest BCUT2D eigenvalue weighted by Gasteiger charge is 2.33. The van der Waals surface area contributed by atoms with Crippen LogP contribution < -0.4 is 10.6 Å². The highest BCUT2D eigenvalue weighted by molar-refractivity contribution is 6.04. The zero-order valence-electron chi connectivity index (χ0n) is 20.0. The average molecular weight is 486 g/mol. The van der Waals surface area contributed by atoms with Gasteiger partial charge in [0.2, 0.25) is 0 Å². The van der Waals surface area contributed by atoms with Crippen LogP contribution in [0.3, 0.4) is 0 Å². The smallest absolute Gasteiger partial charge is 0.286 e. The average Bonchev–Trinajstić information content (AvgIpc) is 2.85. The van der Waals surface area contributed by atoms with E-state index in [1.807, 2.05) is 26.0 Å². The number of anilines is 1. The van der Waals surface area contributed by atoms with E-state index in [2.05, 4.69) is 25.5 Å². The van der Waals surface area contributed by atoms with E-state index in [1.165, 1.54) is 18.5 Å². The number of alkyl halides is 2. The lowest BCUT2D eigenvalue weighted by atomic mass is 9.90. The molecule has 4 heterocycles. The lowest BCUT2D eigenvalue weighted by Gasteiger charge is -2.40. The number of carbonyl (C=O) groups is 1. The summed E-state index contributed by atoms with van der Waals surface area (Å²) >= 11 is 0. The van der Waals surface area contributed by atoms with Gasteiger partial charge in [-0.05, 0) is 38.1 Å². The van der Waals surface area contributed by atoms with Gasteiger partial charge in [0.1, 0.15) is 11.5 Å². The Morgan fingerprint density at radius 1 is 1.31 bits per heavy atom. The molecule has 0 bridgehead atoms. The summed E-state index contributed by atoms with van der Waals surface area (Å²) in [7, 11) is 0. The van der Waals surface area contributed by atoms with Gasteiger partial charge in [-0.1, -0.05) is 6.08 Å². The summed E-state index contributed by atoms with van der Waals surface area (Å²) in [4.78, 5) is 22.9. The second-order valence-electron chi connectivity index (χ2n) is 8.64. The molecule has 1 amide bonds. The molecule has 2 aromatic rings. The van der Waals surface area contributed by atoms with Gasteiger partial charge in [0.25, 0.3) is 11.8 Å². The van der Waals surface area contributed by atoms with Gasteiger partial charge in [0, 0.05) is 43.5 Å². The van der Waals surface area contributed by atoms with Gasteiger partial charge in [-0.3, -0.25) is 14.8 Å². The third-order valence-corrected chi connectivity index (χ3v) is 5.87. The zero-order chi connectivity index (χ0) is 25.1. The Labute approximate surface area is 203 Å². The molecule has 1 saturated heterocycles. The fraction of sp³-hybridized carbons (Fsp3) is 0.400. The summed E-state index contributed by atoms with van der Waals surface area (Å²) in [6.45, 7) is 7.97. The van der Waals surface area contributed by atoms with E-state index in [4.69, 9.17) is 9.47 Å². The maximum atomic E-state index is 13.6. The van der Waals surface area contributed by atoms with Crippen molar-refractivity contribution in [3.63, 3.8) is 0 Å². The zero-order valence-corrected chi connectivity index (χ0v) is 20.0. The summed E-state index contributed by atoms with van der Waals surface area (Å²) in [5.74, 6) is -2.04. The Hall–Kier alpha value is -3.53. The second-order valence-corrected chi connectivity index (χ2v) is 8.64. The molecule has 35 heavy (non-hydrogen) atoms. The fourth-order valence-corrected chi connectivity index (χ4v) is 3.94. The van der Waals surface area contributed by atoms with E-state index >= 15 is 0 Å². The minimum absolute atomic E-state index is 0.0859. The Morgan fingerprint density at radius 2 is 2.09 bits per heavy atom. The van der Waals surface area contributed by atoms with Crippen LogP contribution in [0.2, 0.25) is 0 Å². The molecule has 186 valence electrons. The van der Waals surface area contributed by atoms with Crippen LogP contribution in [0, 0.1) is 0 Å². The molecule has 8 nitrogen and oxygen atoms in total. The molecule has 1 fully saturated rings. The van der Waals surface area contributed by atoms with Crippen LogP contribution >= 0.6 is 0 Å². The van der Waals surface area contributed by atoms with Gasteiger partial charge < -0.3 is 25.0 Å². The first-order valence-corrected chi connectivity index (χ1v) is 11.5. The first-order valence-electron chi connectivity index (χ1n) is 11.5. The number of nitrogens with zero attached hydrogens (tertiary/aromatic N) is 3. The first kappa shape index (κ1) is 24.6. The molecule has 1 atom stereocenters. The van der Waals surface area contributed by atoms with Crippen molar-refractivity contribution in [2.75, 3.05) is 38.2 Å². The van der Waals surface area contributed by atoms with Crippen LogP contribution in [0.1, 0.15) is 42.4 Å². The lowest BCUT2D eigenvalue weighted by Crippen LogP contribution is -2.48. The van der Waals surface area contributed by atoms with E-state index < -0.39 is 23.1 Å². The molecule has 10 heteroatoms. The molecule has 2 aromatic heterocycles. The van der Waals surface area contributed by atoms with E-state index in [-0.39, 0.29) is 5.56 Å².